The van der Waals surface area contributed by atoms with Gasteiger partial charge in [0.1, 0.15) is 11.9 Å². The molecule has 1 heterocycles. The minimum absolute atomic E-state index is 0.233. The van der Waals surface area contributed by atoms with E-state index in [2.05, 4.69) is 11.9 Å². The van der Waals surface area contributed by atoms with Crippen molar-refractivity contribution >= 4 is 0 Å². The van der Waals surface area contributed by atoms with Gasteiger partial charge in [-0.3, -0.25) is 0 Å². The molecule has 4 nitrogen and oxygen atoms in total. The van der Waals surface area contributed by atoms with E-state index in [1.165, 1.54) is 0 Å². The molecule has 0 spiro atoms. The molecule has 1 aromatic heterocycles. The highest BCUT2D eigenvalue weighted by atomic mass is 16.5. The topological polar surface area (TPSA) is 47.3 Å². The normalized spacial score (nSPS) is 14.1. The predicted molar refractivity (Wildman–Crippen MR) is 63.2 cm³/mol. The number of aromatic nitrogens is 2. The van der Waals surface area contributed by atoms with Gasteiger partial charge in [-0.25, -0.2) is 4.98 Å². The lowest BCUT2D eigenvalue weighted by molar-refractivity contribution is -0.0526. The summed E-state index contributed by atoms with van der Waals surface area (Å²) in [6, 6.07) is 0. The van der Waals surface area contributed by atoms with Crippen LogP contribution in [-0.4, -0.2) is 26.9 Å². The van der Waals surface area contributed by atoms with Crippen LogP contribution >= 0.6 is 0 Å². The predicted octanol–water partition coefficient (Wildman–Crippen LogP) is 2.14. The van der Waals surface area contributed by atoms with E-state index in [9.17, 15) is 5.11 Å². The number of aryl methyl sites for hydroxylation is 1. The smallest absolute Gasteiger partial charge is 0.140 e. The summed E-state index contributed by atoms with van der Waals surface area (Å²) in [5.74, 6) is 0.686. The molecule has 0 amide bonds. The van der Waals surface area contributed by atoms with Crippen molar-refractivity contribution in [1.29, 1.82) is 0 Å². The van der Waals surface area contributed by atoms with E-state index in [1.54, 1.807) is 6.20 Å². The summed E-state index contributed by atoms with van der Waals surface area (Å²) in [6.07, 6.45) is 3.97. The molecule has 0 saturated heterocycles. The van der Waals surface area contributed by atoms with Crippen molar-refractivity contribution in [1.82, 2.24) is 9.55 Å². The van der Waals surface area contributed by atoms with Crippen LogP contribution in [0.3, 0.4) is 0 Å². The molecule has 0 aliphatic rings. The summed E-state index contributed by atoms with van der Waals surface area (Å²) in [6.45, 7) is 9.17. The summed E-state index contributed by atoms with van der Waals surface area (Å²) >= 11 is 0. The van der Waals surface area contributed by atoms with Gasteiger partial charge < -0.3 is 14.4 Å². The molecule has 0 aliphatic heterocycles. The summed E-state index contributed by atoms with van der Waals surface area (Å²) in [5, 5.41) is 9.97. The summed E-state index contributed by atoms with van der Waals surface area (Å²) in [5.41, 5.74) is -0.233. The number of aliphatic hydroxyl groups is 1. The molecule has 1 unspecified atom stereocenters. The second-order valence-electron chi connectivity index (χ2n) is 4.92. The molecule has 0 saturated carbocycles. The lowest BCUT2D eigenvalue weighted by Gasteiger charge is -2.22. The van der Waals surface area contributed by atoms with Crippen molar-refractivity contribution in [3.8, 4) is 0 Å². The number of hydrogen-bond donors (Lipinski definition) is 1. The fraction of sp³-hybridized carbons (Fsp3) is 0.750. The largest absolute Gasteiger partial charge is 0.383 e. The summed E-state index contributed by atoms with van der Waals surface area (Å²) < 4.78 is 7.51. The second kappa shape index (κ2) is 5.46. The molecule has 1 atom stereocenters. The third-order valence-electron chi connectivity index (χ3n) is 2.18. The molecule has 92 valence electrons. The van der Waals surface area contributed by atoms with E-state index >= 15 is 0 Å². The molecule has 4 heteroatoms. The van der Waals surface area contributed by atoms with E-state index in [0.717, 1.165) is 13.0 Å². The van der Waals surface area contributed by atoms with E-state index in [1.807, 2.05) is 31.5 Å². The molecule has 0 aliphatic carbocycles. The first-order valence-corrected chi connectivity index (χ1v) is 5.77. The lowest BCUT2D eigenvalue weighted by Crippen LogP contribution is -2.24. The Kier molecular flexibility index (Phi) is 4.50. The molecule has 1 rings (SSSR count). The fourth-order valence-corrected chi connectivity index (χ4v) is 1.45. The number of rotatable bonds is 5. The first-order chi connectivity index (χ1) is 7.44. The lowest BCUT2D eigenvalue weighted by atomic mass is 10.2. The van der Waals surface area contributed by atoms with Gasteiger partial charge in [-0.15, -0.1) is 0 Å². The maximum atomic E-state index is 9.97. The van der Waals surface area contributed by atoms with Gasteiger partial charge in [0, 0.05) is 18.9 Å². The summed E-state index contributed by atoms with van der Waals surface area (Å²) in [4.78, 5) is 4.17. The van der Waals surface area contributed by atoms with Crippen LogP contribution in [0.1, 0.15) is 46.0 Å². The minimum Gasteiger partial charge on any atom is -0.383 e. The Hall–Kier alpha value is -0.870. The molecule has 0 bridgehead atoms. The van der Waals surface area contributed by atoms with Crippen molar-refractivity contribution in [3.63, 3.8) is 0 Å². The molecular formula is C12H22N2O2. The van der Waals surface area contributed by atoms with Crippen molar-refractivity contribution in [2.24, 2.45) is 0 Å². The number of aliphatic hydroxyl groups excluding tert-OH is 1. The molecule has 16 heavy (non-hydrogen) atoms. The first kappa shape index (κ1) is 13.2. The number of nitrogens with zero attached hydrogens (tertiary/aromatic N) is 2. The van der Waals surface area contributed by atoms with Crippen LogP contribution in [0.25, 0.3) is 0 Å². The van der Waals surface area contributed by atoms with Gasteiger partial charge in [-0.05, 0) is 27.2 Å². The number of imidazole rings is 1. The third kappa shape index (κ3) is 3.94. The molecular weight excluding hydrogens is 204 g/mol. The highest BCUT2D eigenvalue weighted by Gasteiger charge is 2.18. The van der Waals surface area contributed by atoms with Gasteiger partial charge >= 0.3 is 0 Å². The van der Waals surface area contributed by atoms with Gasteiger partial charge in [0.25, 0.3) is 0 Å². The number of ether oxygens (including phenoxy) is 1. The van der Waals surface area contributed by atoms with Crippen molar-refractivity contribution < 1.29 is 9.84 Å². The Labute approximate surface area is 97.3 Å². The Balaban J connectivity index is 2.58. The minimum atomic E-state index is -0.652. The zero-order valence-electron chi connectivity index (χ0n) is 10.6. The average Bonchev–Trinajstić information content (AvgIpc) is 2.62. The van der Waals surface area contributed by atoms with E-state index in [4.69, 9.17) is 4.74 Å². The maximum Gasteiger partial charge on any atom is 0.140 e. The Morgan fingerprint density at radius 1 is 1.50 bits per heavy atom. The monoisotopic (exact) mass is 226 g/mol. The fourth-order valence-electron chi connectivity index (χ4n) is 1.45. The van der Waals surface area contributed by atoms with Gasteiger partial charge in [0.2, 0.25) is 0 Å². The Morgan fingerprint density at radius 2 is 2.19 bits per heavy atom. The Bertz CT molecular complexity index is 315. The van der Waals surface area contributed by atoms with Crippen LogP contribution in [0.5, 0.6) is 0 Å². The van der Waals surface area contributed by atoms with Crippen LogP contribution in [0.4, 0.5) is 0 Å². The zero-order chi connectivity index (χ0) is 12.2. The molecule has 0 radical (unpaired) electrons. The molecule has 1 N–H and O–H groups in total. The van der Waals surface area contributed by atoms with Gasteiger partial charge in [-0.1, -0.05) is 6.92 Å². The van der Waals surface area contributed by atoms with E-state index in [0.29, 0.717) is 5.82 Å². The van der Waals surface area contributed by atoms with Crippen molar-refractivity contribution in [2.75, 3.05) is 6.61 Å². The SMILES string of the molecule is CCCn1ccnc1C(O)COC(C)(C)C. The first-order valence-electron chi connectivity index (χ1n) is 5.77. The zero-order valence-corrected chi connectivity index (χ0v) is 10.6. The van der Waals surface area contributed by atoms with Gasteiger partial charge in [0.05, 0.1) is 12.2 Å². The van der Waals surface area contributed by atoms with Crippen molar-refractivity contribution in [2.45, 2.75) is 52.4 Å². The van der Waals surface area contributed by atoms with Crippen LogP contribution in [0, 0.1) is 0 Å². The highest BCUT2D eigenvalue weighted by molar-refractivity contribution is 4.96. The van der Waals surface area contributed by atoms with E-state index < -0.39 is 6.10 Å². The molecule has 1 aromatic rings. The maximum absolute atomic E-state index is 9.97. The van der Waals surface area contributed by atoms with Gasteiger partial charge in [0.15, 0.2) is 0 Å². The third-order valence-corrected chi connectivity index (χ3v) is 2.18. The van der Waals surface area contributed by atoms with Gasteiger partial charge in [-0.2, -0.15) is 0 Å². The van der Waals surface area contributed by atoms with E-state index in [-0.39, 0.29) is 12.2 Å². The average molecular weight is 226 g/mol. The standard InChI is InChI=1S/C12H22N2O2/c1-5-7-14-8-6-13-11(14)10(15)9-16-12(2,3)4/h6,8,10,15H,5,7,9H2,1-4H3. The summed E-state index contributed by atoms with van der Waals surface area (Å²) in [7, 11) is 0. The Morgan fingerprint density at radius 3 is 2.75 bits per heavy atom. The second-order valence-corrected chi connectivity index (χ2v) is 4.92. The quantitative estimate of drug-likeness (QED) is 0.836. The van der Waals surface area contributed by atoms with Crippen LogP contribution < -0.4 is 0 Å². The van der Waals surface area contributed by atoms with Crippen molar-refractivity contribution in [3.05, 3.63) is 18.2 Å². The molecule has 0 aromatic carbocycles. The highest BCUT2D eigenvalue weighted by Crippen LogP contribution is 2.15. The van der Waals surface area contributed by atoms with Crippen LogP contribution in [0.2, 0.25) is 0 Å². The molecule has 0 fully saturated rings. The number of hydrogen-bond acceptors (Lipinski definition) is 3. The van der Waals surface area contributed by atoms with Crippen LogP contribution in [0.15, 0.2) is 12.4 Å². The van der Waals surface area contributed by atoms with Crippen LogP contribution in [-0.2, 0) is 11.3 Å².